The van der Waals surface area contributed by atoms with Gasteiger partial charge in [0.25, 0.3) is 5.91 Å². The molecule has 0 unspecified atom stereocenters. The molecule has 2 aromatic carbocycles. The van der Waals surface area contributed by atoms with Crippen LogP contribution in [0.15, 0.2) is 83.1 Å². The van der Waals surface area contributed by atoms with Gasteiger partial charge >= 0.3 is 0 Å². The number of para-hydroxylation sites is 1. The topological polar surface area (TPSA) is 103 Å². The number of aromatic nitrogens is 3. The van der Waals surface area contributed by atoms with Crippen molar-refractivity contribution >= 4 is 21.5 Å². The smallest absolute Gasteiger partial charge is 0.254 e. The Balaban J connectivity index is 1.47. The monoisotopic (exact) mass is 422 g/mol. The number of ether oxygens (including phenoxy) is 1. The van der Waals surface area contributed by atoms with Crippen LogP contribution in [0.3, 0.4) is 0 Å². The third-order valence-corrected chi connectivity index (χ3v) is 6.36. The van der Waals surface area contributed by atoms with Gasteiger partial charge in [-0.25, -0.2) is 18.4 Å². The molecule has 0 saturated carbocycles. The van der Waals surface area contributed by atoms with E-state index in [1.807, 2.05) is 0 Å². The quantitative estimate of drug-likeness (QED) is 0.512. The molecule has 4 rings (SSSR count). The van der Waals surface area contributed by atoms with E-state index in [0.29, 0.717) is 11.3 Å². The number of hydrogen-bond acceptors (Lipinski definition) is 6. The number of imidazole rings is 1. The van der Waals surface area contributed by atoms with E-state index in [9.17, 15) is 13.2 Å². The number of amides is 1. The van der Waals surface area contributed by atoms with Gasteiger partial charge in [-0.05, 0) is 29.8 Å². The van der Waals surface area contributed by atoms with Crippen molar-refractivity contribution in [1.82, 2.24) is 19.7 Å². The van der Waals surface area contributed by atoms with Crippen molar-refractivity contribution in [1.29, 1.82) is 0 Å². The lowest BCUT2D eigenvalue weighted by Crippen LogP contribution is -2.23. The standard InChI is InChI=1S/C21H18N4O4S/c1-29-18-4-2-3-5-19(18)30(27,28)17-8-6-15(7-9-17)12-23-20(26)16-13-24-21-22-10-11-25(21)14-16/h2-11,13-14H,12H2,1H3,(H,23,26). The lowest BCUT2D eigenvalue weighted by molar-refractivity contribution is 0.0950. The molecule has 1 N–H and O–H groups in total. The lowest BCUT2D eigenvalue weighted by Gasteiger charge is -2.10. The number of rotatable bonds is 6. The first-order valence-electron chi connectivity index (χ1n) is 9.03. The van der Waals surface area contributed by atoms with Gasteiger partial charge in [-0.1, -0.05) is 24.3 Å². The number of methoxy groups -OCH3 is 1. The molecule has 0 aliphatic heterocycles. The molecule has 2 aromatic heterocycles. The van der Waals surface area contributed by atoms with E-state index in [-0.39, 0.29) is 28.0 Å². The van der Waals surface area contributed by atoms with Gasteiger partial charge in [0.15, 0.2) is 0 Å². The number of hydrogen-bond donors (Lipinski definition) is 1. The van der Waals surface area contributed by atoms with Gasteiger partial charge in [0.1, 0.15) is 10.6 Å². The Labute approximate surface area is 173 Å². The molecule has 0 aliphatic carbocycles. The second kappa shape index (κ2) is 7.96. The summed E-state index contributed by atoms with van der Waals surface area (Å²) in [6.45, 7) is 0.246. The van der Waals surface area contributed by atoms with E-state index in [0.717, 1.165) is 5.56 Å². The fourth-order valence-electron chi connectivity index (χ4n) is 2.97. The molecule has 1 amide bonds. The Morgan fingerprint density at radius 1 is 1.10 bits per heavy atom. The van der Waals surface area contributed by atoms with Crippen molar-refractivity contribution in [2.45, 2.75) is 16.3 Å². The summed E-state index contributed by atoms with van der Waals surface area (Å²) in [6.07, 6.45) is 6.42. The first-order chi connectivity index (χ1) is 14.5. The van der Waals surface area contributed by atoms with Crippen LogP contribution in [0, 0.1) is 0 Å². The van der Waals surface area contributed by atoms with Crippen molar-refractivity contribution in [3.63, 3.8) is 0 Å². The molecule has 0 aliphatic rings. The molecule has 0 saturated heterocycles. The largest absolute Gasteiger partial charge is 0.495 e. The zero-order valence-corrected chi connectivity index (χ0v) is 16.8. The van der Waals surface area contributed by atoms with Gasteiger partial charge in [-0.3, -0.25) is 9.20 Å². The number of carbonyl (C=O) groups is 1. The highest BCUT2D eigenvalue weighted by atomic mass is 32.2. The Kier molecular flexibility index (Phi) is 5.20. The average Bonchev–Trinajstić information content (AvgIpc) is 3.25. The third kappa shape index (κ3) is 3.74. The predicted molar refractivity (Wildman–Crippen MR) is 109 cm³/mol. The molecule has 2 heterocycles. The van der Waals surface area contributed by atoms with Crippen molar-refractivity contribution in [2.75, 3.05) is 7.11 Å². The minimum absolute atomic E-state index is 0.107. The molecular formula is C21H18N4O4S. The maximum atomic E-state index is 12.9. The Morgan fingerprint density at radius 3 is 2.63 bits per heavy atom. The van der Waals surface area contributed by atoms with Crippen LogP contribution in [-0.2, 0) is 16.4 Å². The van der Waals surface area contributed by atoms with Crippen molar-refractivity contribution in [2.24, 2.45) is 0 Å². The second-order valence-corrected chi connectivity index (χ2v) is 8.38. The van der Waals surface area contributed by atoms with E-state index >= 15 is 0 Å². The van der Waals surface area contributed by atoms with Crippen LogP contribution < -0.4 is 10.1 Å². The van der Waals surface area contributed by atoms with Crippen LogP contribution in [0.2, 0.25) is 0 Å². The van der Waals surface area contributed by atoms with Crippen molar-refractivity contribution in [3.05, 3.63) is 84.4 Å². The first kappa shape index (κ1) is 19.6. The minimum Gasteiger partial charge on any atom is -0.495 e. The summed E-state index contributed by atoms with van der Waals surface area (Å²) in [5, 5.41) is 2.80. The maximum Gasteiger partial charge on any atom is 0.254 e. The summed E-state index contributed by atoms with van der Waals surface area (Å²) in [7, 11) is -2.29. The van der Waals surface area contributed by atoms with E-state index in [2.05, 4.69) is 15.3 Å². The van der Waals surface area contributed by atoms with Gasteiger partial charge < -0.3 is 10.1 Å². The van der Waals surface area contributed by atoms with Gasteiger partial charge in [0.2, 0.25) is 15.6 Å². The number of nitrogens with zero attached hydrogens (tertiary/aromatic N) is 3. The van der Waals surface area contributed by atoms with Crippen LogP contribution in [0.25, 0.3) is 5.78 Å². The highest BCUT2D eigenvalue weighted by Gasteiger charge is 2.21. The number of sulfone groups is 1. The summed E-state index contributed by atoms with van der Waals surface area (Å²) < 4.78 is 32.6. The summed E-state index contributed by atoms with van der Waals surface area (Å²) in [5.74, 6) is 0.513. The fraction of sp³-hybridized carbons (Fsp3) is 0.0952. The number of fused-ring (bicyclic) bond motifs is 1. The number of nitrogens with one attached hydrogen (secondary N) is 1. The van der Waals surface area contributed by atoms with Gasteiger partial charge in [-0.15, -0.1) is 0 Å². The molecule has 0 atom stereocenters. The van der Waals surface area contributed by atoms with Gasteiger partial charge in [-0.2, -0.15) is 0 Å². The number of carbonyl (C=O) groups excluding carboxylic acids is 1. The molecule has 0 bridgehead atoms. The van der Waals surface area contributed by atoms with Crippen LogP contribution in [0.5, 0.6) is 5.75 Å². The SMILES string of the molecule is COc1ccccc1S(=O)(=O)c1ccc(CNC(=O)c2cnc3nccn3c2)cc1. The Hall–Kier alpha value is -3.72. The zero-order valence-electron chi connectivity index (χ0n) is 16.0. The van der Waals surface area contributed by atoms with Crippen LogP contribution in [-0.4, -0.2) is 35.8 Å². The summed E-state index contributed by atoms with van der Waals surface area (Å²) in [5.41, 5.74) is 1.16. The number of benzene rings is 2. The van der Waals surface area contributed by atoms with Gasteiger partial charge in [0.05, 0.1) is 17.6 Å². The van der Waals surface area contributed by atoms with Crippen LogP contribution in [0.1, 0.15) is 15.9 Å². The molecule has 30 heavy (non-hydrogen) atoms. The highest BCUT2D eigenvalue weighted by molar-refractivity contribution is 7.91. The van der Waals surface area contributed by atoms with E-state index in [4.69, 9.17) is 4.74 Å². The third-order valence-electron chi connectivity index (χ3n) is 4.55. The van der Waals surface area contributed by atoms with E-state index in [1.54, 1.807) is 53.3 Å². The fourth-order valence-corrected chi connectivity index (χ4v) is 4.39. The van der Waals surface area contributed by atoms with Crippen LogP contribution >= 0.6 is 0 Å². The van der Waals surface area contributed by atoms with E-state index < -0.39 is 9.84 Å². The Bertz CT molecular complexity index is 1310. The second-order valence-electron chi connectivity index (χ2n) is 6.46. The average molecular weight is 422 g/mol. The Morgan fingerprint density at radius 2 is 1.87 bits per heavy atom. The molecule has 8 nitrogen and oxygen atoms in total. The highest BCUT2D eigenvalue weighted by Crippen LogP contribution is 2.29. The summed E-state index contributed by atoms with van der Waals surface area (Å²) in [4.78, 5) is 20.8. The molecule has 0 spiro atoms. The molecule has 4 aromatic rings. The first-order valence-corrected chi connectivity index (χ1v) is 10.5. The zero-order chi connectivity index (χ0) is 21.1. The molecular weight excluding hydrogens is 404 g/mol. The van der Waals surface area contributed by atoms with Crippen molar-refractivity contribution in [3.8, 4) is 5.75 Å². The maximum absolute atomic E-state index is 12.9. The molecule has 9 heteroatoms. The normalized spacial score (nSPS) is 11.4. The minimum atomic E-state index is -3.72. The molecule has 0 radical (unpaired) electrons. The predicted octanol–water partition coefficient (Wildman–Crippen LogP) is 2.50. The van der Waals surface area contributed by atoms with Crippen LogP contribution in [0.4, 0.5) is 0 Å². The van der Waals surface area contributed by atoms with Crippen molar-refractivity contribution < 1.29 is 17.9 Å². The lowest BCUT2D eigenvalue weighted by atomic mass is 10.2. The van der Waals surface area contributed by atoms with Gasteiger partial charge in [0, 0.05) is 31.3 Å². The summed E-state index contributed by atoms with van der Waals surface area (Å²) in [6, 6.07) is 12.8. The summed E-state index contributed by atoms with van der Waals surface area (Å²) >= 11 is 0. The molecule has 0 fully saturated rings. The van der Waals surface area contributed by atoms with E-state index in [1.165, 1.54) is 31.5 Å². The molecule has 152 valence electrons.